The minimum Gasteiger partial charge on any atom is -0.360 e. The van der Waals surface area contributed by atoms with E-state index in [1.807, 2.05) is 37.3 Å². The third-order valence-corrected chi connectivity index (χ3v) is 4.08. The number of carbonyl (C=O) groups is 1. The van der Waals surface area contributed by atoms with Gasteiger partial charge >= 0.3 is 0 Å². The van der Waals surface area contributed by atoms with E-state index in [4.69, 9.17) is 11.6 Å². The van der Waals surface area contributed by atoms with Crippen molar-refractivity contribution in [2.45, 2.75) is 6.92 Å². The highest BCUT2D eigenvalue weighted by atomic mass is 79.9. The third kappa shape index (κ3) is 2.28. The summed E-state index contributed by atoms with van der Waals surface area (Å²) in [6, 6.07) is 11.2. The van der Waals surface area contributed by atoms with E-state index in [0.717, 1.165) is 20.9 Å². The molecule has 0 fully saturated rings. The zero-order valence-electron chi connectivity index (χ0n) is 10.7. The highest BCUT2D eigenvalue weighted by molar-refractivity contribution is 9.10. The van der Waals surface area contributed by atoms with Crippen LogP contribution in [0.15, 0.2) is 47.1 Å². The van der Waals surface area contributed by atoms with Crippen LogP contribution in [0.3, 0.4) is 0 Å². The Labute approximate surface area is 129 Å². The minimum absolute atomic E-state index is 0.0336. The van der Waals surface area contributed by atoms with Gasteiger partial charge in [-0.2, -0.15) is 0 Å². The van der Waals surface area contributed by atoms with Crippen LogP contribution in [-0.2, 0) is 0 Å². The molecule has 0 aliphatic carbocycles. The maximum Gasteiger partial charge on any atom is 0.195 e. The topological polar surface area (TPSA) is 32.9 Å². The van der Waals surface area contributed by atoms with Crippen LogP contribution in [-0.4, -0.2) is 10.8 Å². The molecule has 0 spiro atoms. The first kappa shape index (κ1) is 13.4. The molecule has 0 aliphatic heterocycles. The summed E-state index contributed by atoms with van der Waals surface area (Å²) in [5, 5.41) is 1.47. The van der Waals surface area contributed by atoms with Crippen LogP contribution < -0.4 is 0 Å². The first-order chi connectivity index (χ1) is 9.56. The lowest BCUT2D eigenvalue weighted by Crippen LogP contribution is -2.01. The largest absolute Gasteiger partial charge is 0.360 e. The maximum absolute atomic E-state index is 12.7. The Kier molecular flexibility index (Phi) is 3.40. The number of halogens is 2. The van der Waals surface area contributed by atoms with E-state index in [1.165, 1.54) is 0 Å². The van der Waals surface area contributed by atoms with Gasteiger partial charge in [0.05, 0.1) is 0 Å². The van der Waals surface area contributed by atoms with Crippen molar-refractivity contribution in [1.82, 2.24) is 4.98 Å². The molecule has 0 unspecified atom stereocenters. The molecule has 1 heterocycles. The van der Waals surface area contributed by atoms with Gasteiger partial charge < -0.3 is 4.98 Å². The molecule has 20 heavy (non-hydrogen) atoms. The van der Waals surface area contributed by atoms with Crippen LogP contribution in [0.25, 0.3) is 10.9 Å². The Morgan fingerprint density at radius 3 is 2.80 bits per heavy atom. The Hall–Kier alpha value is -1.58. The SMILES string of the molecule is Cc1cc(Cl)cc(C(=O)c2c[nH]c3cccc(Br)c23)c1. The fourth-order valence-corrected chi connectivity index (χ4v) is 3.21. The molecule has 1 aromatic heterocycles. The van der Waals surface area contributed by atoms with Crippen LogP contribution in [0, 0.1) is 6.92 Å². The second kappa shape index (κ2) is 5.08. The summed E-state index contributed by atoms with van der Waals surface area (Å²) in [6.07, 6.45) is 1.74. The number of hydrogen-bond acceptors (Lipinski definition) is 1. The number of aryl methyl sites for hydroxylation is 1. The van der Waals surface area contributed by atoms with Gasteiger partial charge in [-0.05, 0) is 42.8 Å². The molecule has 0 atom stereocenters. The molecule has 0 saturated carbocycles. The molecular weight excluding hydrogens is 338 g/mol. The van der Waals surface area contributed by atoms with Gasteiger partial charge in [-0.3, -0.25) is 4.79 Å². The lowest BCUT2D eigenvalue weighted by atomic mass is 10.0. The fourth-order valence-electron chi connectivity index (χ4n) is 2.34. The predicted octanol–water partition coefficient (Wildman–Crippen LogP) is 5.12. The third-order valence-electron chi connectivity index (χ3n) is 3.20. The number of ketones is 1. The van der Waals surface area contributed by atoms with Gasteiger partial charge in [0.2, 0.25) is 0 Å². The Balaban J connectivity index is 2.18. The van der Waals surface area contributed by atoms with Gasteiger partial charge in [0, 0.05) is 37.7 Å². The molecule has 0 saturated heterocycles. The van der Waals surface area contributed by atoms with Crippen LogP contribution >= 0.6 is 27.5 Å². The molecule has 3 rings (SSSR count). The zero-order valence-corrected chi connectivity index (χ0v) is 13.0. The number of nitrogens with one attached hydrogen (secondary N) is 1. The lowest BCUT2D eigenvalue weighted by molar-refractivity contribution is 0.104. The fraction of sp³-hybridized carbons (Fsp3) is 0.0625. The van der Waals surface area contributed by atoms with Crippen LogP contribution in [0.5, 0.6) is 0 Å². The van der Waals surface area contributed by atoms with Crippen molar-refractivity contribution in [3.05, 3.63) is 68.8 Å². The zero-order chi connectivity index (χ0) is 14.3. The number of carbonyl (C=O) groups excluding carboxylic acids is 1. The molecule has 3 aromatic rings. The summed E-state index contributed by atoms with van der Waals surface area (Å²) >= 11 is 9.53. The van der Waals surface area contributed by atoms with E-state index in [-0.39, 0.29) is 5.78 Å². The first-order valence-electron chi connectivity index (χ1n) is 6.14. The molecule has 0 radical (unpaired) electrons. The number of benzene rings is 2. The van der Waals surface area contributed by atoms with Crippen molar-refractivity contribution < 1.29 is 4.79 Å². The van der Waals surface area contributed by atoms with E-state index < -0.39 is 0 Å². The quantitative estimate of drug-likeness (QED) is 0.640. The van der Waals surface area contributed by atoms with Gasteiger partial charge in [-0.15, -0.1) is 0 Å². The van der Waals surface area contributed by atoms with E-state index in [0.29, 0.717) is 16.1 Å². The number of aromatic nitrogens is 1. The van der Waals surface area contributed by atoms with Gasteiger partial charge in [0.15, 0.2) is 5.78 Å². The highest BCUT2D eigenvalue weighted by Gasteiger charge is 2.16. The van der Waals surface area contributed by atoms with E-state index in [2.05, 4.69) is 20.9 Å². The normalized spacial score (nSPS) is 10.9. The number of hydrogen-bond donors (Lipinski definition) is 1. The molecule has 0 bridgehead atoms. The molecule has 0 amide bonds. The molecule has 2 nitrogen and oxygen atoms in total. The number of fused-ring (bicyclic) bond motifs is 1. The first-order valence-corrected chi connectivity index (χ1v) is 7.31. The summed E-state index contributed by atoms with van der Waals surface area (Å²) in [6.45, 7) is 1.92. The second-order valence-corrected chi connectivity index (χ2v) is 6.00. The van der Waals surface area contributed by atoms with Gasteiger partial charge in [-0.1, -0.05) is 33.6 Å². The lowest BCUT2D eigenvalue weighted by Gasteiger charge is -2.03. The molecule has 1 N–H and O–H groups in total. The predicted molar refractivity (Wildman–Crippen MR) is 85.6 cm³/mol. The standard InChI is InChI=1S/C16H11BrClNO/c1-9-5-10(7-11(18)6-9)16(20)12-8-19-14-4-2-3-13(17)15(12)14/h2-8,19H,1H3. The molecule has 0 aliphatic rings. The van der Waals surface area contributed by atoms with Crippen LogP contribution in [0.4, 0.5) is 0 Å². The van der Waals surface area contributed by atoms with E-state index >= 15 is 0 Å². The van der Waals surface area contributed by atoms with Crippen LogP contribution in [0.1, 0.15) is 21.5 Å². The van der Waals surface area contributed by atoms with Crippen molar-refractivity contribution in [3.8, 4) is 0 Å². The number of rotatable bonds is 2. The van der Waals surface area contributed by atoms with E-state index in [1.54, 1.807) is 12.3 Å². The van der Waals surface area contributed by atoms with Crippen molar-refractivity contribution >= 4 is 44.2 Å². The van der Waals surface area contributed by atoms with Crippen LogP contribution in [0.2, 0.25) is 5.02 Å². The number of H-pyrrole nitrogens is 1. The Morgan fingerprint density at radius 2 is 2.05 bits per heavy atom. The van der Waals surface area contributed by atoms with Gasteiger partial charge in [0.1, 0.15) is 0 Å². The molecular formula is C16H11BrClNO. The average molecular weight is 349 g/mol. The summed E-state index contributed by atoms with van der Waals surface area (Å²) in [5.74, 6) is -0.0336. The maximum atomic E-state index is 12.7. The minimum atomic E-state index is -0.0336. The Morgan fingerprint density at radius 1 is 1.25 bits per heavy atom. The summed E-state index contributed by atoms with van der Waals surface area (Å²) in [7, 11) is 0. The molecule has 100 valence electrons. The van der Waals surface area contributed by atoms with Crippen molar-refractivity contribution in [2.75, 3.05) is 0 Å². The summed E-state index contributed by atoms with van der Waals surface area (Å²) in [4.78, 5) is 15.8. The molecule has 4 heteroatoms. The highest BCUT2D eigenvalue weighted by Crippen LogP contribution is 2.29. The van der Waals surface area contributed by atoms with Gasteiger partial charge in [-0.25, -0.2) is 0 Å². The smallest absolute Gasteiger partial charge is 0.195 e. The average Bonchev–Trinajstić information content (AvgIpc) is 2.82. The number of aromatic amines is 1. The summed E-state index contributed by atoms with van der Waals surface area (Å²) < 4.78 is 0.901. The van der Waals surface area contributed by atoms with Gasteiger partial charge in [0.25, 0.3) is 0 Å². The van der Waals surface area contributed by atoms with Crippen molar-refractivity contribution in [2.24, 2.45) is 0 Å². The monoisotopic (exact) mass is 347 g/mol. The van der Waals surface area contributed by atoms with Crippen molar-refractivity contribution in [3.63, 3.8) is 0 Å². The summed E-state index contributed by atoms with van der Waals surface area (Å²) in [5.41, 5.74) is 3.15. The Bertz CT molecular complexity index is 802. The van der Waals surface area contributed by atoms with E-state index in [9.17, 15) is 4.79 Å². The second-order valence-electron chi connectivity index (χ2n) is 4.71. The van der Waals surface area contributed by atoms with Crippen molar-refractivity contribution in [1.29, 1.82) is 0 Å². The molecule has 2 aromatic carbocycles.